The van der Waals surface area contributed by atoms with Crippen LogP contribution in [0.2, 0.25) is 0 Å². The highest BCUT2D eigenvalue weighted by atomic mass is 35.5. The van der Waals surface area contributed by atoms with Crippen LogP contribution in [0, 0.1) is 0 Å². The maximum Gasteiger partial charge on any atom is 0.103 e. The second kappa shape index (κ2) is 5.15. The molecule has 1 saturated carbocycles. The first kappa shape index (κ1) is 11.9. The first-order chi connectivity index (χ1) is 7.77. The fourth-order valence-electron chi connectivity index (χ4n) is 2.38. The van der Waals surface area contributed by atoms with Gasteiger partial charge in [0.1, 0.15) is 5.69 Å². The molecule has 0 N–H and O–H groups in total. The number of ether oxygens (including phenoxy) is 1. The van der Waals surface area contributed by atoms with Gasteiger partial charge in [-0.2, -0.15) is 0 Å². The van der Waals surface area contributed by atoms with Gasteiger partial charge in [0.25, 0.3) is 0 Å². The zero-order chi connectivity index (χ0) is 11.5. The fourth-order valence-corrected chi connectivity index (χ4v) is 2.57. The molecule has 0 bridgehead atoms. The lowest BCUT2D eigenvalue weighted by molar-refractivity contribution is 0.109. The third kappa shape index (κ3) is 2.09. The molecule has 5 heteroatoms. The minimum Gasteiger partial charge on any atom is -0.375 e. The van der Waals surface area contributed by atoms with Crippen molar-refractivity contribution in [3.63, 3.8) is 0 Å². The van der Waals surface area contributed by atoms with Crippen LogP contribution in [0.3, 0.4) is 0 Å². The van der Waals surface area contributed by atoms with Crippen molar-refractivity contribution in [1.82, 2.24) is 15.0 Å². The van der Waals surface area contributed by atoms with E-state index in [0.29, 0.717) is 11.9 Å². The van der Waals surface area contributed by atoms with Gasteiger partial charge in [-0.25, -0.2) is 4.68 Å². The van der Waals surface area contributed by atoms with Gasteiger partial charge in [-0.1, -0.05) is 18.1 Å². The minimum absolute atomic E-state index is 0.00403. The molecule has 2 rings (SSSR count). The molecular formula is C11H18ClN3O. The van der Waals surface area contributed by atoms with Gasteiger partial charge in [0.15, 0.2) is 0 Å². The summed E-state index contributed by atoms with van der Waals surface area (Å²) in [5, 5.41) is 8.39. The average molecular weight is 244 g/mol. The Kier molecular flexibility index (Phi) is 3.82. The summed E-state index contributed by atoms with van der Waals surface area (Å²) in [6.45, 7) is 2.01. The van der Waals surface area contributed by atoms with Crippen LogP contribution >= 0.6 is 11.6 Å². The molecule has 1 fully saturated rings. The van der Waals surface area contributed by atoms with Gasteiger partial charge in [-0.3, -0.25) is 0 Å². The highest BCUT2D eigenvalue weighted by molar-refractivity contribution is 6.16. The Morgan fingerprint density at radius 3 is 2.75 bits per heavy atom. The standard InChI is InChI=1S/C11H18ClN3O/c1-8(16-2)11-10(7-12)13-14-15(11)9-5-3-4-6-9/h8-9H,3-7H2,1-2H3. The number of hydrogen-bond donors (Lipinski definition) is 0. The maximum absolute atomic E-state index is 5.88. The van der Waals surface area contributed by atoms with Crippen LogP contribution in [-0.2, 0) is 10.6 Å². The summed E-state index contributed by atoms with van der Waals surface area (Å²) in [7, 11) is 1.70. The summed E-state index contributed by atoms with van der Waals surface area (Å²) in [5.41, 5.74) is 1.90. The lowest BCUT2D eigenvalue weighted by Crippen LogP contribution is -2.14. The van der Waals surface area contributed by atoms with Gasteiger partial charge < -0.3 is 4.74 Å². The topological polar surface area (TPSA) is 39.9 Å². The molecule has 4 nitrogen and oxygen atoms in total. The van der Waals surface area contributed by atoms with Crippen molar-refractivity contribution in [2.45, 2.75) is 50.6 Å². The SMILES string of the molecule is COC(C)c1c(CCl)nnn1C1CCCC1. The molecular weight excluding hydrogens is 226 g/mol. The molecule has 0 radical (unpaired) electrons. The molecule has 0 amide bonds. The maximum atomic E-state index is 5.88. The van der Waals surface area contributed by atoms with Gasteiger partial charge in [0.2, 0.25) is 0 Å². The Labute approximate surface area is 101 Å². The number of methoxy groups -OCH3 is 1. The van der Waals surface area contributed by atoms with E-state index in [1.807, 2.05) is 11.6 Å². The monoisotopic (exact) mass is 243 g/mol. The predicted molar refractivity (Wildman–Crippen MR) is 62.5 cm³/mol. The Hall–Kier alpha value is -0.610. The van der Waals surface area contributed by atoms with E-state index in [1.54, 1.807) is 7.11 Å². The zero-order valence-electron chi connectivity index (χ0n) is 9.82. The summed E-state index contributed by atoms with van der Waals surface area (Å²) in [5.74, 6) is 0.399. The lowest BCUT2D eigenvalue weighted by atomic mass is 10.2. The normalized spacial score (nSPS) is 19.2. The highest BCUT2D eigenvalue weighted by Gasteiger charge is 2.25. The summed E-state index contributed by atoms with van der Waals surface area (Å²) >= 11 is 5.88. The number of nitrogens with zero attached hydrogens (tertiary/aromatic N) is 3. The van der Waals surface area contributed by atoms with E-state index >= 15 is 0 Å². The van der Waals surface area contributed by atoms with E-state index in [-0.39, 0.29) is 6.10 Å². The molecule has 0 saturated heterocycles. The molecule has 16 heavy (non-hydrogen) atoms. The first-order valence-corrected chi connectivity index (χ1v) is 6.34. The van der Waals surface area contributed by atoms with Crippen molar-refractivity contribution >= 4 is 11.6 Å². The summed E-state index contributed by atoms with van der Waals surface area (Å²) in [4.78, 5) is 0. The van der Waals surface area contributed by atoms with Crippen LogP contribution in [0.25, 0.3) is 0 Å². The van der Waals surface area contributed by atoms with Gasteiger partial charge in [-0.05, 0) is 19.8 Å². The molecule has 1 aromatic rings. The second-order valence-corrected chi connectivity index (χ2v) is 4.58. The van der Waals surface area contributed by atoms with Gasteiger partial charge in [0, 0.05) is 7.11 Å². The summed E-state index contributed by atoms with van der Waals surface area (Å²) in [6.07, 6.45) is 4.94. The second-order valence-electron chi connectivity index (χ2n) is 4.32. The van der Waals surface area contributed by atoms with E-state index in [0.717, 1.165) is 11.4 Å². The van der Waals surface area contributed by atoms with Crippen molar-refractivity contribution in [1.29, 1.82) is 0 Å². The smallest absolute Gasteiger partial charge is 0.103 e. The average Bonchev–Trinajstić information content (AvgIpc) is 2.95. The van der Waals surface area contributed by atoms with Crippen LogP contribution in [0.1, 0.15) is 56.1 Å². The van der Waals surface area contributed by atoms with E-state index in [4.69, 9.17) is 16.3 Å². The number of aromatic nitrogens is 3. The van der Waals surface area contributed by atoms with E-state index in [2.05, 4.69) is 10.3 Å². The van der Waals surface area contributed by atoms with Crippen LogP contribution in [0.15, 0.2) is 0 Å². The lowest BCUT2D eigenvalue weighted by Gasteiger charge is -2.17. The zero-order valence-corrected chi connectivity index (χ0v) is 10.6. The highest BCUT2D eigenvalue weighted by Crippen LogP contribution is 2.32. The van der Waals surface area contributed by atoms with Crippen molar-refractivity contribution in [2.75, 3.05) is 7.11 Å². The number of halogens is 1. The molecule has 1 aliphatic rings. The molecule has 0 spiro atoms. The molecule has 1 unspecified atom stereocenters. The van der Waals surface area contributed by atoms with Crippen molar-refractivity contribution in [3.8, 4) is 0 Å². The third-order valence-electron chi connectivity index (χ3n) is 3.34. The number of hydrogen-bond acceptors (Lipinski definition) is 3. The quantitative estimate of drug-likeness (QED) is 0.764. The van der Waals surface area contributed by atoms with Crippen molar-refractivity contribution in [3.05, 3.63) is 11.4 Å². The Bertz CT molecular complexity index is 347. The van der Waals surface area contributed by atoms with Gasteiger partial charge in [0.05, 0.1) is 23.7 Å². The first-order valence-electron chi connectivity index (χ1n) is 5.80. The van der Waals surface area contributed by atoms with Crippen LogP contribution in [0.5, 0.6) is 0 Å². The Morgan fingerprint density at radius 2 is 2.19 bits per heavy atom. The van der Waals surface area contributed by atoms with Crippen molar-refractivity contribution < 1.29 is 4.74 Å². The molecule has 1 heterocycles. The van der Waals surface area contributed by atoms with Gasteiger partial charge >= 0.3 is 0 Å². The van der Waals surface area contributed by atoms with Crippen molar-refractivity contribution in [2.24, 2.45) is 0 Å². The molecule has 0 aromatic carbocycles. The Balaban J connectivity index is 2.32. The van der Waals surface area contributed by atoms with E-state index < -0.39 is 0 Å². The van der Waals surface area contributed by atoms with Gasteiger partial charge in [-0.15, -0.1) is 16.7 Å². The molecule has 1 aromatic heterocycles. The summed E-state index contributed by atoms with van der Waals surface area (Å²) in [6, 6.07) is 0.483. The van der Waals surface area contributed by atoms with E-state index in [1.165, 1.54) is 25.7 Å². The third-order valence-corrected chi connectivity index (χ3v) is 3.59. The minimum atomic E-state index is 0.00403. The summed E-state index contributed by atoms with van der Waals surface area (Å²) < 4.78 is 7.40. The number of alkyl halides is 1. The number of rotatable bonds is 4. The molecule has 1 atom stereocenters. The largest absolute Gasteiger partial charge is 0.375 e. The van der Waals surface area contributed by atoms with Crippen LogP contribution in [-0.4, -0.2) is 22.1 Å². The molecule has 1 aliphatic carbocycles. The van der Waals surface area contributed by atoms with Crippen LogP contribution in [0.4, 0.5) is 0 Å². The van der Waals surface area contributed by atoms with E-state index in [9.17, 15) is 0 Å². The fraction of sp³-hybridized carbons (Fsp3) is 0.818. The van der Waals surface area contributed by atoms with Crippen LogP contribution < -0.4 is 0 Å². The molecule has 90 valence electrons. The Morgan fingerprint density at radius 1 is 1.50 bits per heavy atom. The predicted octanol–water partition coefficient (Wildman–Crippen LogP) is 2.84. The molecule has 0 aliphatic heterocycles.